The van der Waals surface area contributed by atoms with Crippen molar-refractivity contribution in [2.45, 2.75) is 32.6 Å². The molecule has 1 aliphatic carbocycles. The number of nitrogens with zero attached hydrogens (tertiary/aromatic N) is 2. The zero-order chi connectivity index (χ0) is 14.9. The number of hydrogen-bond acceptors (Lipinski definition) is 3. The van der Waals surface area contributed by atoms with E-state index in [-0.39, 0.29) is 5.91 Å². The first kappa shape index (κ1) is 16.2. The van der Waals surface area contributed by atoms with Crippen LogP contribution < -0.4 is 5.32 Å². The van der Waals surface area contributed by atoms with Gasteiger partial charge < -0.3 is 15.1 Å². The maximum absolute atomic E-state index is 11.8. The monoisotopic (exact) mass is 291 g/mol. The summed E-state index contributed by atoms with van der Waals surface area (Å²) in [7, 11) is 0. The number of unbranched alkanes of at least 4 members (excludes halogenated alkanes) is 1. The Morgan fingerprint density at radius 1 is 1.14 bits per heavy atom. The van der Waals surface area contributed by atoms with Gasteiger partial charge in [0.05, 0.1) is 0 Å². The molecule has 1 amide bonds. The Labute approximate surface area is 128 Å². The lowest BCUT2D eigenvalue weighted by molar-refractivity contribution is -0.117. The van der Waals surface area contributed by atoms with Gasteiger partial charge in [-0.15, -0.1) is 0 Å². The molecule has 2 rings (SSSR count). The minimum atomic E-state index is 0.101. The third-order valence-electron chi connectivity index (χ3n) is 4.29. The number of hydrogen-bond donors (Lipinski definition) is 1. The maximum atomic E-state index is 11.8. The van der Waals surface area contributed by atoms with Crippen molar-refractivity contribution in [3.05, 3.63) is 23.8 Å². The number of amides is 1. The summed E-state index contributed by atoms with van der Waals surface area (Å²) < 4.78 is 0. The van der Waals surface area contributed by atoms with Crippen LogP contribution in [0.1, 0.15) is 32.6 Å². The number of allylic oxidation sites excluding steroid dienone is 3. The topological polar surface area (TPSA) is 35.6 Å². The standard InChI is InChI=1S/C17H29N3O/c1-2-3-10-19-12-14-20(15-13-19)11-6-9-18-17(21)16-7-4-5-8-16/h4-5,7H,2-3,6,8-15H2,1H3,(H,18,21). The van der Waals surface area contributed by atoms with Crippen LogP contribution in [0.2, 0.25) is 0 Å². The van der Waals surface area contributed by atoms with Crippen molar-refractivity contribution in [1.82, 2.24) is 15.1 Å². The van der Waals surface area contributed by atoms with E-state index in [1.165, 1.54) is 45.6 Å². The van der Waals surface area contributed by atoms with E-state index in [0.717, 1.165) is 31.5 Å². The molecule has 118 valence electrons. The molecule has 2 aliphatic rings. The Morgan fingerprint density at radius 2 is 1.81 bits per heavy atom. The molecule has 21 heavy (non-hydrogen) atoms. The lowest BCUT2D eigenvalue weighted by Gasteiger charge is -2.34. The quantitative estimate of drug-likeness (QED) is 0.693. The van der Waals surface area contributed by atoms with Crippen LogP contribution in [0.15, 0.2) is 23.8 Å². The molecule has 4 nitrogen and oxygen atoms in total. The smallest absolute Gasteiger partial charge is 0.247 e. The Hall–Kier alpha value is -1.13. The van der Waals surface area contributed by atoms with Gasteiger partial charge in [0.25, 0.3) is 0 Å². The Balaban J connectivity index is 1.51. The van der Waals surface area contributed by atoms with E-state index in [4.69, 9.17) is 0 Å². The van der Waals surface area contributed by atoms with Crippen molar-refractivity contribution < 1.29 is 4.79 Å². The van der Waals surface area contributed by atoms with Gasteiger partial charge in [-0.1, -0.05) is 31.6 Å². The summed E-state index contributed by atoms with van der Waals surface area (Å²) in [6, 6.07) is 0. The van der Waals surface area contributed by atoms with Gasteiger partial charge in [0.2, 0.25) is 5.91 Å². The molecule has 0 atom stereocenters. The van der Waals surface area contributed by atoms with E-state index in [1.54, 1.807) is 0 Å². The van der Waals surface area contributed by atoms with Crippen molar-refractivity contribution in [3.63, 3.8) is 0 Å². The second-order valence-corrected chi connectivity index (χ2v) is 5.97. The fraction of sp³-hybridized carbons (Fsp3) is 0.706. The number of carbonyl (C=O) groups is 1. The fourth-order valence-corrected chi connectivity index (χ4v) is 2.85. The van der Waals surface area contributed by atoms with Crippen LogP contribution in [0, 0.1) is 0 Å². The molecule has 0 unspecified atom stereocenters. The lowest BCUT2D eigenvalue weighted by Crippen LogP contribution is -2.47. The Bertz CT molecular complexity index is 381. The van der Waals surface area contributed by atoms with Gasteiger partial charge in [-0.05, 0) is 32.4 Å². The highest BCUT2D eigenvalue weighted by Crippen LogP contribution is 2.09. The molecule has 0 spiro atoms. The highest BCUT2D eigenvalue weighted by atomic mass is 16.1. The highest BCUT2D eigenvalue weighted by molar-refractivity contribution is 5.94. The van der Waals surface area contributed by atoms with Gasteiger partial charge in [-0.3, -0.25) is 4.79 Å². The molecule has 1 aliphatic heterocycles. The average Bonchev–Trinajstić information content (AvgIpc) is 3.05. The van der Waals surface area contributed by atoms with E-state index < -0.39 is 0 Å². The minimum absolute atomic E-state index is 0.101. The van der Waals surface area contributed by atoms with Gasteiger partial charge in [0.15, 0.2) is 0 Å². The summed E-state index contributed by atoms with van der Waals surface area (Å²) in [5, 5.41) is 3.02. The third-order valence-corrected chi connectivity index (χ3v) is 4.29. The van der Waals surface area contributed by atoms with Crippen molar-refractivity contribution in [2.75, 3.05) is 45.8 Å². The summed E-state index contributed by atoms with van der Waals surface area (Å²) in [4.78, 5) is 16.9. The van der Waals surface area contributed by atoms with Gasteiger partial charge in [0, 0.05) is 38.3 Å². The molecular formula is C17H29N3O. The van der Waals surface area contributed by atoms with E-state index in [1.807, 2.05) is 18.2 Å². The van der Waals surface area contributed by atoms with Crippen LogP contribution >= 0.6 is 0 Å². The predicted molar refractivity (Wildman–Crippen MR) is 87.3 cm³/mol. The minimum Gasteiger partial charge on any atom is -0.352 e. The van der Waals surface area contributed by atoms with Crippen LogP contribution in [0.5, 0.6) is 0 Å². The molecule has 0 aromatic rings. The number of nitrogens with one attached hydrogen (secondary N) is 1. The Morgan fingerprint density at radius 3 is 2.38 bits per heavy atom. The summed E-state index contributed by atoms with van der Waals surface area (Å²) in [5.41, 5.74) is 0.888. The summed E-state index contributed by atoms with van der Waals surface area (Å²) in [5.74, 6) is 0.101. The van der Waals surface area contributed by atoms with Crippen LogP contribution in [-0.2, 0) is 4.79 Å². The molecule has 0 aromatic carbocycles. The third kappa shape index (κ3) is 5.64. The van der Waals surface area contributed by atoms with E-state index in [0.29, 0.717) is 0 Å². The van der Waals surface area contributed by atoms with E-state index >= 15 is 0 Å². The second kappa shape index (κ2) is 9.00. The molecule has 0 bridgehead atoms. The SMILES string of the molecule is CCCCN1CCN(CCCNC(=O)C2=CC=CC2)CC1. The average molecular weight is 291 g/mol. The van der Waals surface area contributed by atoms with Gasteiger partial charge in [-0.25, -0.2) is 0 Å². The molecule has 1 saturated heterocycles. The zero-order valence-electron chi connectivity index (χ0n) is 13.3. The Kier molecular flexibility index (Phi) is 6.96. The van der Waals surface area contributed by atoms with Crippen LogP contribution in [0.4, 0.5) is 0 Å². The lowest BCUT2D eigenvalue weighted by atomic mass is 10.2. The summed E-state index contributed by atoms with van der Waals surface area (Å²) >= 11 is 0. The second-order valence-electron chi connectivity index (χ2n) is 5.97. The molecule has 1 heterocycles. The molecule has 4 heteroatoms. The van der Waals surface area contributed by atoms with Crippen molar-refractivity contribution >= 4 is 5.91 Å². The van der Waals surface area contributed by atoms with Gasteiger partial charge in [-0.2, -0.15) is 0 Å². The van der Waals surface area contributed by atoms with E-state index in [9.17, 15) is 4.79 Å². The van der Waals surface area contributed by atoms with Gasteiger partial charge >= 0.3 is 0 Å². The van der Waals surface area contributed by atoms with Crippen LogP contribution in [0.25, 0.3) is 0 Å². The normalized spacial score (nSPS) is 19.8. The van der Waals surface area contributed by atoms with Crippen LogP contribution in [0.3, 0.4) is 0 Å². The molecule has 0 radical (unpaired) electrons. The van der Waals surface area contributed by atoms with E-state index in [2.05, 4.69) is 22.0 Å². The first-order valence-electron chi connectivity index (χ1n) is 8.38. The first-order valence-corrected chi connectivity index (χ1v) is 8.38. The maximum Gasteiger partial charge on any atom is 0.247 e. The number of carbonyl (C=O) groups excluding carboxylic acids is 1. The number of rotatable bonds is 8. The zero-order valence-corrected chi connectivity index (χ0v) is 13.3. The summed E-state index contributed by atoms with van der Waals surface area (Å²) in [6.07, 6.45) is 10.3. The number of piperazine rings is 1. The molecular weight excluding hydrogens is 262 g/mol. The predicted octanol–water partition coefficient (Wildman–Crippen LogP) is 1.80. The molecule has 1 N–H and O–H groups in total. The molecule has 1 fully saturated rings. The van der Waals surface area contributed by atoms with Crippen LogP contribution in [-0.4, -0.2) is 61.5 Å². The highest BCUT2D eigenvalue weighted by Gasteiger charge is 2.16. The van der Waals surface area contributed by atoms with Crippen molar-refractivity contribution in [3.8, 4) is 0 Å². The van der Waals surface area contributed by atoms with Gasteiger partial charge in [0.1, 0.15) is 0 Å². The summed E-state index contributed by atoms with van der Waals surface area (Å²) in [6.45, 7) is 10.1. The van der Waals surface area contributed by atoms with Crippen molar-refractivity contribution in [2.24, 2.45) is 0 Å². The largest absolute Gasteiger partial charge is 0.352 e. The molecule has 0 saturated carbocycles. The van der Waals surface area contributed by atoms with Crippen molar-refractivity contribution in [1.29, 1.82) is 0 Å². The molecule has 0 aromatic heterocycles. The first-order chi connectivity index (χ1) is 10.3. The fourth-order valence-electron chi connectivity index (χ4n) is 2.85.